The molecule has 0 aliphatic carbocycles. The second kappa shape index (κ2) is 6.38. The monoisotopic (exact) mass is 304 g/mol. The Kier molecular flexibility index (Phi) is 4.55. The highest BCUT2D eigenvalue weighted by Crippen LogP contribution is 2.19. The van der Waals surface area contributed by atoms with Crippen LogP contribution < -0.4 is 0 Å². The number of ether oxygens (including phenoxy) is 1. The summed E-state index contributed by atoms with van der Waals surface area (Å²) in [5.74, 6) is -2.16. The van der Waals surface area contributed by atoms with Gasteiger partial charge in [0, 0.05) is 19.7 Å². The van der Waals surface area contributed by atoms with Gasteiger partial charge in [-0.3, -0.25) is 24.1 Å². The van der Waals surface area contributed by atoms with Gasteiger partial charge in [-0.15, -0.1) is 0 Å². The second-order valence-electron chi connectivity index (χ2n) is 5.07. The topological polar surface area (TPSA) is 84.0 Å². The lowest BCUT2D eigenvalue weighted by Crippen LogP contribution is -2.45. The lowest BCUT2D eigenvalue weighted by Gasteiger charge is -2.25. The molecule has 1 heterocycles. The first-order chi connectivity index (χ1) is 10.4. The van der Waals surface area contributed by atoms with E-state index in [4.69, 9.17) is 4.74 Å². The molecular weight excluding hydrogens is 288 g/mol. The minimum absolute atomic E-state index is 0.0613. The van der Waals surface area contributed by atoms with E-state index in [9.17, 15) is 19.2 Å². The van der Waals surface area contributed by atoms with Crippen molar-refractivity contribution in [1.29, 1.82) is 0 Å². The zero-order valence-corrected chi connectivity index (χ0v) is 12.4. The summed E-state index contributed by atoms with van der Waals surface area (Å²) < 4.78 is 4.78. The molecule has 0 N–H and O–H groups in total. The molecule has 0 aromatic heterocycles. The molecule has 0 radical (unpaired) electrons. The summed E-state index contributed by atoms with van der Waals surface area (Å²) in [6.07, 6.45) is 0.0613. The molecule has 22 heavy (non-hydrogen) atoms. The summed E-state index contributed by atoms with van der Waals surface area (Å²) >= 11 is 0. The van der Waals surface area contributed by atoms with Crippen molar-refractivity contribution in [3.63, 3.8) is 0 Å². The zero-order valence-electron chi connectivity index (χ0n) is 12.4. The molecule has 0 spiro atoms. The van der Waals surface area contributed by atoms with E-state index in [0.717, 1.165) is 4.90 Å². The fraction of sp³-hybridized carbons (Fsp3) is 0.333. The summed E-state index contributed by atoms with van der Waals surface area (Å²) in [5, 5.41) is 0. The summed E-state index contributed by atoms with van der Waals surface area (Å²) in [6, 6.07) is 6.75. The largest absolute Gasteiger partial charge is 0.454 e. The molecule has 3 amide bonds. The third-order valence-electron chi connectivity index (χ3n) is 3.28. The molecule has 0 saturated heterocycles. The van der Waals surface area contributed by atoms with Gasteiger partial charge in [-0.05, 0) is 11.6 Å². The van der Waals surface area contributed by atoms with Gasteiger partial charge in [0.25, 0.3) is 11.8 Å². The average molecular weight is 304 g/mol. The molecule has 0 bridgehead atoms. The van der Waals surface area contributed by atoms with Crippen LogP contribution in [0.2, 0.25) is 0 Å². The van der Waals surface area contributed by atoms with E-state index in [-0.39, 0.29) is 12.3 Å². The van der Waals surface area contributed by atoms with Crippen molar-refractivity contribution in [2.75, 3.05) is 27.2 Å². The van der Waals surface area contributed by atoms with Crippen LogP contribution in [0.4, 0.5) is 0 Å². The van der Waals surface area contributed by atoms with Gasteiger partial charge in [0.15, 0.2) is 6.61 Å². The predicted molar refractivity (Wildman–Crippen MR) is 75.8 cm³/mol. The molecule has 116 valence electrons. The summed E-state index contributed by atoms with van der Waals surface area (Å²) in [6.45, 7) is -0.911. The van der Waals surface area contributed by atoms with E-state index < -0.39 is 30.9 Å². The number of esters is 1. The van der Waals surface area contributed by atoms with Crippen LogP contribution in [0, 0.1) is 0 Å². The molecule has 0 fully saturated rings. The number of benzene rings is 1. The number of rotatable bonds is 4. The first-order valence-electron chi connectivity index (χ1n) is 6.68. The number of hydrogen-bond donors (Lipinski definition) is 0. The Bertz CT molecular complexity index is 639. The third kappa shape index (κ3) is 3.30. The predicted octanol–water partition coefficient (Wildman–Crippen LogP) is -0.157. The van der Waals surface area contributed by atoms with Crippen LogP contribution >= 0.6 is 0 Å². The van der Waals surface area contributed by atoms with Crippen LogP contribution in [0.3, 0.4) is 0 Å². The van der Waals surface area contributed by atoms with Crippen LogP contribution in [0.5, 0.6) is 0 Å². The minimum Gasteiger partial charge on any atom is -0.454 e. The molecular formula is C15H16N2O5. The zero-order chi connectivity index (χ0) is 16.3. The van der Waals surface area contributed by atoms with Gasteiger partial charge in [-0.2, -0.15) is 0 Å². The number of amides is 3. The molecule has 7 nitrogen and oxygen atoms in total. The fourth-order valence-electron chi connectivity index (χ4n) is 2.01. The van der Waals surface area contributed by atoms with Crippen molar-refractivity contribution in [2.45, 2.75) is 6.42 Å². The van der Waals surface area contributed by atoms with Gasteiger partial charge in [0.05, 0.1) is 6.42 Å². The quantitative estimate of drug-likeness (QED) is 0.570. The maximum absolute atomic E-state index is 12.2. The number of likely N-dealkylation sites (N-methyl/N-ethyl adjacent to an activating group) is 1. The highest BCUT2D eigenvalue weighted by molar-refractivity contribution is 6.11. The Hall–Kier alpha value is -2.70. The summed E-state index contributed by atoms with van der Waals surface area (Å²) in [4.78, 5) is 49.4. The van der Waals surface area contributed by atoms with Gasteiger partial charge in [-0.1, -0.05) is 18.2 Å². The van der Waals surface area contributed by atoms with E-state index in [1.807, 2.05) is 0 Å². The van der Waals surface area contributed by atoms with Crippen LogP contribution in [0.15, 0.2) is 24.3 Å². The van der Waals surface area contributed by atoms with E-state index in [1.54, 1.807) is 24.3 Å². The highest BCUT2D eigenvalue weighted by Gasteiger charge is 2.32. The smallest absolute Gasteiger partial charge is 0.326 e. The lowest BCUT2D eigenvalue weighted by molar-refractivity contribution is -0.153. The normalized spacial score (nSPS) is 13.6. The SMILES string of the molecule is CN(C)C(=O)COC(=O)CN1C(=O)Cc2ccccc2C1=O. The van der Waals surface area contributed by atoms with Crippen LogP contribution in [0.25, 0.3) is 0 Å². The molecule has 7 heteroatoms. The number of carbonyl (C=O) groups excluding carboxylic acids is 4. The Morgan fingerprint density at radius 1 is 1.23 bits per heavy atom. The average Bonchev–Trinajstić information content (AvgIpc) is 2.48. The van der Waals surface area contributed by atoms with Crippen LogP contribution in [-0.4, -0.2) is 60.7 Å². The van der Waals surface area contributed by atoms with Gasteiger partial charge < -0.3 is 9.64 Å². The number of fused-ring (bicyclic) bond motifs is 1. The van der Waals surface area contributed by atoms with Gasteiger partial charge in [0.1, 0.15) is 6.54 Å². The molecule has 0 saturated carbocycles. The first kappa shape index (κ1) is 15.7. The van der Waals surface area contributed by atoms with E-state index in [1.165, 1.54) is 19.0 Å². The van der Waals surface area contributed by atoms with Crippen molar-refractivity contribution in [2.24, 2.45) is 0 Å². The fourth-order valence-corrected chi connectivity index (χ4v) is 2.01. The van der Waals surface area contributed by atoms with Crippen LogP contribution in [0.1, 0.15) is 15.9 Å². The second-order valence-corrected chi connectivity index (χ2v) is 5.07. The molecule has 0 atom stereocenters. The molecule has 1 aromatic carbocycles. The number of nitrogens with zero attached hydrogens (tertiary/aromatic N) is 2. The van der Waals surface area contributed by atoms with Crippen molar-refractivity contribution in [1.82, 2.24) is 9.80 Å². The third-order valence-corrected chi connectivity index (χ3v) is 3.28. The first-order valence-corrected chi connectivity index (χ1v) is 6.68. The van der Waals surface area contributed by atoms with Crippen molar-refractivity contribution >= 4 is 23.7 Å². The van der Waals surface area contributed by atoms with E-state index in [0.29, 0.717) is 11.1 Å². The standard InChI is InChI=1S/C15H16N2O5/c1-16(2)13(19)9-22-14(20)8-17-12(18)7-10-5-3-4-6-11(10)15(17)21/h3-6H,7-9H2,1-2H3. The Labute approximate surface area is 127 Å². The lowest BCUT2D eigenvalue weighted by atomic mass is 9.98. The van der Waals surface area contributed by atoms with E-state index >= 15 is 0 Å². The summed E-state index contributed by atoms with van der Waals surface area (Å²) in [5.41, 5.74) is 1.05. The molecule has 1 aliphatic heterocycles. The van der Waals surface area contributed by atoms with Gasteiger partial charge in [-0.25, -0.2) is 0 Å². The number of hydrogen-bond acceptors (Lipinski definition) is 5. The van der Waals surface area contributed by atoms with Crippen LogP contribution in [-0.2, 0) is 25.5 Å². The van der Waals surface area contributed by atoms with Crippen molar-refractivity contribution in [3.05, 3.63) is 35.4 Å². The van der Waals surface area contributed by atoms with E-state index in [2.05, 4.69) is 0 Å². The molecule has 2 rings (SSSR count). The molecule has 1 aliphatic rings. The molecule has 1 aromatic rings. The Morgan fingerprint density at radius 2 is 1.91 bits per heavy atom. The van der Waals surface area contributed by atoms with Crippen molar-refractivity contribution < 1.29 is 23.9 Å². The highest BCUT2D eigenvalue weighted by atomic mass is 16.5. The number of imide groups is 1. The van der Waals surface area contributed by atoms with Gasteiger partial charge in [0.2, 0.25) is 5.91 Å². The minimum atomic E-state index is -0.795. The van der Waals surface area contributed by atoms with Crippen molar-refractivity contribution in [3.8, 4) is 0 Å². The maximum Gasteiger partial charge on any atom is 0.326 e. The summed E-state index contributed by atoms with van der Waals surface area (Å²) in [7, 11) is 3.07. The Morgan fingerprint density at radius 3 is 2.59 bits per heavy atom. The van der Waals surface area contributed by atoms with Gasteiger partial charge >= 0.3 is 5.97 Å². The molecule has 0 unspecified atom stereocenters. The Balaban J connectivity index is 2.01. The maximum atomic E-state index is 12.2. The number of carbonyl (C=O) groups is 4.